The molecule has 25 heavy (non-hydrogen) atoms. The number of aryl methyl sites for hydroxylation is 1. The van der Waals surface area contributed by atoms with E-state index < -0.39 is 0 Å². The van der Waals surface area contributed by atoms with Gasteiger partial charge in [-0.1, -0.05) is 17.7 Å². The second-order valence-electron chi connectivity index (χ2n) is 5.93. The van der Waals surface area contributed by atoms with E-state index in [4.69, 9.17) is 9.47 Å². The summed E-state index contributed by atoms with van der Waals surface area (Å²) in [5.41, 5.74) is 3.23. The Morgan fingerprint density at radius 1 is 1.12 bits per heavy atom. The number of hydrogen-bond donors (Lipinski definition) is 2. The van der Waals surface area contributed by atoms with Crippen LogP contribution >= 0.6 is 0 Å². The Hall–Kier alpha value is -3.02. The Balaban J connectivity index is 1.83. The van der Waals surface area contributed by atoms with Crippen molar-refractivity contribution >= 4 is 16.8 Å². The Kier molecular flexibility index (Phi) is 4.61. The van der Waals surface area contributed by atoms with E-state index in [0.29, 0.717) is 17.2 Å². The van der Waals surface area contributed by atoms with Crippen molar-refractivity contribution in [2.75, 3.05) is 14.2 Å². The topological polar surface area (TPSA) is 76.2 Å². The van der Waals surface area contributed by atoms with Crippen molar-refractivity contribution in [3.8, 4) is 11.5 Å². The molecule has 0 saturated heterocycles. The fraction of sp³-hybridized carbons (Fsp3) is 0.263. The van der Waals surface area contributed by atoms with Gasteiger partial charge in [-0.3, -0.25) is 9.89 Å². The van der Waals surface area contributed by atoms with Gasteiger partial charge in [-0.25, -0.2) is 0 Å². The van der Waals surface area contributed by atoms with Crippen LogP contribution in [0.25, 0.3) is 10.9 Å². The molecule has 1 atom stereocenters. The summed E-state index contributed by atoms with van der Waals surface area (Å²) in [4.78, 5) is 12.6. The average molecular weight is 339 g/mol. The molecule has 0 fully saturated rings. The zero-order valence-electron chi connectivity index (χ0n) is 14.7. The van der Waals surface area contributed by atoms with Crippen LogP contribution < -0.4 is 14.8 Å². The monoisotopic (exact) mass is 339 g/mol. The van der Waals surface area contributed by atoms with Gasteiger partial charge in [-0.15, -0.1) is 0 Å². The standard InChI is InChI=1S/C19H21N3O3/c1-11-5-7-15-14(9-11)18(22-21-15)19(23)20-12(2)13-6-8-16(24-3)17(10-13)25-4/h5-10,12H,1-4H3,(H,20,23)(H,21,22). The molecule has 0 spiro atoms. The Bertz CT molecular complexity index is 917. The van der Waals surface area contributed by atoms with E-state index in [-0.39, 0.29) is 11.9 Å². The third kappa shape index (κ3) is 3.28. The van der Waals surface area contributed by atoms with E-state index in [0.717, 1.165) is 22.0 Å². The third-order valence-electron chi connectivity index (χ3n) is 4.19. The minimum Gasteiger partial charge on any atom is -0.493 e. The zero-order valence-corrected chi connectivity index (χ0v) is 14.7. The summed E-state index contributed by atoms with van der Waals surface area (Å²) in [5.74, 6) is 1.06. The lowest BCUT2D eigenvalue weighted by Crippen LogP contribution is -2.27. The molecule has 1 aromatic heterocycles. The molecular formula is C19H21N3O3. The van der Waals surface area contributed by atoms with E-state index in [1.54, 1.807) is 14.2 Å². The number of carbonyl (C=O) groups excluding carboxylic acids is 1. The quantitative estimate of drug-likeness (QED) is 0.747. The predicted octanol–water partition coefficient (Wildman–Crippen LogP) is 3.38. The van der Waals surface area contributed by atoms with Crippen LogP contribution in [-0.2, 0) is 0 Å². The SMILES string of the molecule is COc1ccc(C(C)NC(=O)c2n[nH]c3ccc(C)cc23)cc1OC. The van der Waals surface area contributed by atoms with Crippen molar-refractivity contribution in [1.29, 1.82) is 0 Å². The van der Waals surface area contributed by atoms with Crippen molar-refractivity contribution in [3.05, 3.63) is 53.2 Å². The Morgan fingerprint density at radius 3 is 2.60 bits per heavy atom. The second kappa shape index (κ2) is 6.84. The van der Waals surface area contributed by atoms with Gasteiger partial charge in [0.05, 0.1) is 25.8 Å². The highest BCUT2D eigenvalue weighted by Gasteiger charge is 2.18. The van der Waals surface area contributed by atoms with E-state index in [1.807, 2.05) is 50.2 Å². The minimum absolute atomic E-state index is 0.205. The maximum atomic E-state index is 12.6. The smallest absolute Gasteiger partial charge is 0.272 e. The number of nitrogens with one attached hydrogen (secondary N) is 2. The summed E-state index contributed by atoms with van der Waals surface area (Å²) in [6, 6.07) is 11.2. The van der Waals surface area contributed by atoms with Crippen molar-refractivity contribution < 1.29 is 14.3 Å². The minimum atomic E-state index is -0.223. The lowest BCUT2D eigenvalue weighted by Gasteiger charge is -2.16. The number of amides is 1. The van der Waals surface area contributed by atoms with E-state index in [9.17, 15) is 4.79 Å². The number of rotatable bonds is 5. The number of benzene rings is 2. The van der Waals surface area contributed by atoms with Crippen LogP contribution in [0.15, 0.2) is 36.4 Å². The Morgan fingerprint density at radius 2 is 1.88 bits per heavy atom. The number of methoxy groups -OCH3 is 2. The van der Waals surface area contributed by atoms with E-state index in [2.05, 4.69) is 15.5 Å². The second-order valence-corrected chi connectivity index (χ2v) is 5.93. The van der Waals surface area contributed by atoms with Crippen LogP contribution in [0.5, 0.6) is 11.5 Å². The van der Waals surface area contributed by atoms with Gasteiger partial charge in [0.25, 0.3) is 5.91 Å². The molecule has 1 amide bonds. The highest BCUT2D eigenvalue weighted by Crippen LogP contribution is 2.30. The molecule has 6 nitrogen and oxygen atoms in total. The third-order valence-corrected chi connectivity index (χ3v) is 4.19. The molecule has 1 unspecified atom stereocenters. The normalized spacial score (nSPS) is 12.0. The van der Waals surface area contributed by atoms with E-state index >= 15 is 0 Å². The van der Waals surface area contributed by atoms with Gasteiger partial charge in [0, 0.05) is 5.39 Å². The maximum absolute atomic E-state index is 12.6. The van der Waals surface area contributed by atoms with Gasteiger partial charge in [0.2, 0.25) is 0 Å². The molecule has 6 heteroatoms. The van der Waals surface area contributed by atoms with Crippen LogP contribution in [0.2, 0.25) is 0 Å². The summed E-state index contributed by atoms with van der Waals surface area (Å²) >= 11 is 0. The lowest BCUT2D eigenvalue weighted by molar-refractivity contribution is 0.0936. The van der Waals surface area contributed by atoms with Gasteiger partial charge in [0.1, 0.15) is 0 Å². The first kappa shape index (κ1) is 16.8. The highest BCUT2D eigenvalue weighted by atomic mass is 16.5. The number of ether oxygens (including phenoxy) is 2. The molecule has 2 N–H and O–H groups in total. The van der Waals surface area contributed by atoms with Gasteiger partial charge < -0.3 is 14.8 Å². The molecule has 0 aliphatic carbocycles. The summed E-state index contributed by atoms with van der Waals surface area (Å²) in [6.45, 7) is 3.90. The average Bonchev–Trinajstić information content (AvgIpc) is 3.04. The highest BCUT2D eigenvalue weighted by molar-refractivity contribution is 6.04. The fourth-order valence-electron chi connectivity index (χ4n) is 2.77. The molecule has 3 aromatic rings. The number of H-pyrrole nitrogens is 1. The van der Waals surface area contributed by atoms with E-state index in [1.165, 1.54) is 0 Å². The van der Waals surface area contributed by atoms with Crippen molar-refractivity contribution in [3.63, 3.8) is 0 Å². The number of hydrogen-bond acceptors (Lipinski definition) is 4. The molecule has 0 aliphatic rings. The summed E-state index contributed by atoms with van der Waals surface area (Å²) in [7, 11) is 3.18. The van der Waals surface area contributed by atoms with Crippen LogP contribution in [0.1, 0.15) is 34.6 Å². The molecule has 0 bridgehead atoms. The van der Waals surface area contributed by atoms with Crippen LogP contribution in [0.4, 0.5) is 0 Å². The number of aromatic nitrogens is 2. The number of nitrogens with zero attached hydrogens (tertiary/aromatic N) is 1. The summed E-state index contributed by atoms with van der Waals surface area (Å²) in [5, 5.41) is 10.9. The Labute approximate surface area is 146 Å². The van der Waals surface area contributed by atoms with Gasteiger partial charge in [0.15, 0.2) is 17.2 Å². The number of aromatic amines is 1. The molecule has 0 aliphatic heterocycles. The molecule has 130 valence electrons. The number of carbonyl (C=O) groups is 1. The van der Waals surface area contributed by atoms with Crippen LogP contribution in [0.3, 0.4) is 0 Å². The van der Waals surface area contributed by atoms with Gasteiger partial charge >= 0.3 is 0 Å². The summed E-state index contributed by atoms with van der Waals surface area (Å²) < 4.78 is 10.6. The largest absolute Gasteiger partial charge is 0.493 e. The van der Waals surface area contributed by atoms with Crippen LogP contribution in [0, 0.1) is 6.92 Å². The van der Waals surface area contributed by atoms with Gasteiger partial charge in [-0.05, 0) is 43.7 Å². The maximum Gasteiger partial charge on any atom is 0.272 e. The van der Waals surface area contributed by atoms with Crippen molar-refractivity contribution in [1.82, 2.24) is 15.5 Å². The summed E-state index contributed by atoms with van der Waals surface area (Å²) in [6.07, 6.45) is 0. The molecule has 0 saturated carbocycles. The molecule has 0 radical (unpaired) electrons. The molecular weight excluding hydrogens is 318 g/mol. The first-order valence-corrected chi connectivity index (χ1v) is 8.01. The first-order valence-electron chi connectivity index (χ1n) is 8.01. The zero-order chi connectivity index (χ0) is 18.0. The molecule has 2 aromatic carbocycles. The first-order chi connectivity index (χ1) is 12.0. The predicted molar refractivity (Wildman–Crippen MR) is 96.3 cm³/mol. The van der Waals surface area contributed by atoms with Crippen LogP contribution in [-0.4, -0.2) is 30.3 Å². The molecule has 3 rings (SSSR count). The lowest BCUT2D eigenvalue weighted by atomic mass is 10.1. The fourth-order valence-corrected chi connectivity index (χ4v) is 2.77. The van der Waals surface area contributed by atoms with Crippen molar-refractivity contribution in [2.24, 2.45) is 0 Å². The molecule has 1 heterocycles. The van der Waals surface area contributed by atoms with Gasteiger partial charge in [-0.2, -0.15) is 5.10 Å². The number of fused-ring (bicyclic) bond motifs is 1. The van der Waals surface area contributed by atoms with Crippen molar-refractivity contribution in [2.45, 2.75) is 19.9 Å².